The van der Waals surface area contributed by atoms with Gasteiger partial charge in [0.1, 0.15) is 6.10 Å². The van der Waals surface area contributed by atoms with E-state index in [9.17, 15) is 17.6 Å². The van der Waals surface area contributed by atoms with Crippen LogP contribution in [0.25, 0.3) is 0 Å². The van der Waals surface area contributed by atoms with Gasteiger partial charge >= 0.3 is 6.18 Å². The fourth-order valence-corrected chi connectivity index (χ4v) is 0.992. The Morgan fingerprint density at radius 2 is 2.00 bits per heavy atom. The standard InChI is InChI=1S/C9H14F4O3/c10-8(4-9(11,12)13)15-3-1-2-14-5-7-6-16-7/h7-8H,1-6H2. The predicted octanol–water partition coefficient (Wildman–Crippen LogP) is 2.06. The van der Waals surface area contributed by atoms with Gasteiger partial charge in [0.05, 0.1) is 26.2 Å². The van der Waals surface area contributed by atoms with E-state index in [1.807, 2.05) is 0 Å². The maximum absolute atomic E-state index is 12.5. The molecule has 0 aromatic carbocycles. The summed E-state index contributed by atoms with van der Waals surface area (Å²) in [5.41, 5.74) is 0. The van der Waals surface area contributed by atoms with Crippen molar-refractivity contribution in [2.75, 3.05) is 26.4 Å². The molecule has 96 valence electrons. The highest BCUT2D eigenvalue weighted by atomic mass is 19.4. The highest BCUT2D eigenvalue weighted by molar-refractivity contribution is 4.66. The fourth-order valence-electron chi connectivity index (χ4n) is 0.992. The first-order valence-electron chi connectivity index (χ1n) is 4.99. The molecule has 1 aliphatic rings. The molecule has 2 unspecified atom stereocenters. The molecule has 2 atom stereocenters. The summed E-state index contributed by atoms with van der Waals surface area (Å²) in [6, 6.07) is 0. The van der Waals surface area contributed by atoms with Crippen molar-refractivity contribution in [1.29, 1.82) is 0 Å². The third-order valence-corrected chi connectivity index (χ3v) is 1.83. The molecule has 16 heavy (non-hydrogen) atoms. The lowest BCUT2D eigenvalue weighted by molar-refractivity contribution is -0.183. The molecule has 1 heterocycles. The van der Waals surface area contributed by atoms with Gasteiger partial charge in [-0.05, 0) is 6.42 Å². The molecule has 0 amide bonds. The second kappa shape index (κ2) is 6.36. The molecule has 0 spiro atoms. The zero-order valence-corrected chi connectivity index (χ0v) is 8.63. The molecule has 0 radical (unpaired) electrons. The average Bonchev–Trinajstić information content (AvgIpc) is 2.91. The molecule has 7 heteroatoms. The van der Waals surface area contributed by atoms with Crippen LogP contribution >= 0.6 is 0 Å². The summed E-state index contributed by atoms with van der Waals surface area (Å²) >= 11 is 0. The third kappa shape index (κ3) is 7.84. The molecular formula is C9H14F4O3. The van der Waals surface area contributed by atoms with Crippen LogP contribution in [-0.4, -0.2) is 45.1 Å². The van der Waals surface area contributed by atoms with Crippen molar-refractivity contribution in [3.8, 4) is 0 Å². The van der Waals surface area contributed by atoms with Crippen LogP contribution in [0, 0.1) is 0 Å². The monoisotopic (exact) mass is 246 g/mol. The molecule has 1 rings (SSSR count). The lowest BCUT2D eigenvalue weighted by Crippen LogP contribution is -2.19. The number of hydrogen-bond donors (Lipinski definition) is 0. The Labute approximate surface area is 90.7 Å². The normalized spacial score (nSPS) is 22.1. The molecule has 0 bridgehead atoms. The van der Waals surface area contributed by atoms with E-state index < -0.39 is 19.0 Å². The second-order valence-corrected chi connectivity index (χ2v) is 3.48. The van der Waals surface area contributed by atoms with Crippen LogP contribution in [0.1, 0.15) is 12.8 Å². The Hall–Kier alpha value is -0.400. The quantitative estimate of drug-likeness (QED) is 0.373. The smallest absolute Gasteiger partial charge is 0.379 e. The van der Waals surface area contributed by atoms with Gasteiger partial charge in [0.15, 0.2) is 0 Å². The number of hydrogen-bond acceptors (Lipinski definition) is 3. The van der Waals surface area contributed by atoms with Crippen LogP contribution in [0.5, 0.6) is 0 Å². The summed E-state index contributed by atoms with van der Waals surface area (Å²) in [6.07, 6.45) is -7.86. The summed E-state index contributed by atoms with van der Waals surface area (Å²) in [4.78, 5) is 0. The van der Waals surface area contributed by atoms with Crippen LogP contribution in [0.3, 0.4) is 0 Å². The first-order valence-corrected chi connectivity index (χ1v) is 4.99. The van der Waals surface area contributed by atoms with E-state index in [0.29, 0.717) is 26.2 Å². The first-order chi connectivity index (χ1) is 7.47. The summed E-state index contributed by atoms with van der Waals surface area (Å²) in [5.74, 6) is 0. The average molecular weight is 246 g/mol. The highest BCUT2D eigenvalue weighted by Crippen LogP contribution is 2.23. The summed E-state index contributed by atoms with van der Waals surface area (Å²) in [5, 5.41) is 0. The number of epoxide rings is 1. The van der Waals surface area contributed by atoms with Gasteiger partial charge in [-0.15, -0.1) is 0 Å². The number of rotatable bonds is 8. The van der Waals surface area contributed by atoms with E-state index in [1.54, 1.807) is 0 Å². The van der Waals surface area contributed by atoms with Crippen LogP contribution in [-0.2, 0) is 14.2 Å². The van der Waals surface area contributed by atoms with Gasteiger partial charge in [-0.2, -0.15) is 13.2 Å². The minimum Gasteiger partial charge on any atom is -0.379 e. The predicted molar refractivity (Wildman–Crippen MR) is 46.7 cm³/mol. The molecule has 0 aliphatic carbocycles. The first kappa shape index (κ1) is 13.7. The van der Waals surface area contributed by atoms with Gasteiger partial charge in [0.2, 0.25) is 6.36 Å². The van der Waals surface area contributed by atoms with Crippen LogP contribution in [0.15, 0.2) is 0 Å². The van der Waals surface area contributed by atoms with Gasteiger partial charge in [0.25, 0.3) is 0 Å². The minimum atomic E-state index is -4.53. The minimum absolute atomic E-state index is 0.0806. The highest BCUT2D eigenvalue weighted by Gasteiger charge is 2.32. The van der Waals surface area contributed by atoms with Gasteiger partial charge in [0, 0.05) is 6.61 Å². The second-order valence-electron chi connectivity index (χ2n) is 3.48. The third-order valence-electron chi connectivity index (χ3n) is 1.83. The van der Waals surface area contributed by atoms with Gasteiger partial charge in [-0.3, -0.25) is 0 Å². The van der Waals surface area contributed by atoms with Crippen LogP contribution in [0.4, 0.5) is 17.6 Å². The zero-order valence-electron chi connectivity index (χ0n) is 8.63. The molecule has 3 nitrogen and oxygen atoms in total. The van der Waals surface area contributed by atoms with Crippen molar-refractivity contribution in [3.05, 3.63) is 0 Å². The lowest BCUT2D eigenvalue weighted by atomic mass is 10.4. The van der Waals surface area contributed by atoms with E-state index in [2.05, 4.69) is 4.74 Å². The van der Waals surface area contributed by atoms with Gasteiger partial charge in [-0.1, -0.05) is 0 Å². The summed E-state index contributed by atoms with van der Waals surface area (Å²) < 4.78 is 61.9. The molecule has 0 aromatic heterocycles. The molecule has 1 fully saturated rings. The van der Waals surface area contributed by atoms with Crippen molar-refractivity contribution in [2.45, 2.75) is 31.5 Å². The molecular weight excluding hydrogens is 232 g/mol. The summed E-state index contributed by atoms with van der Waals surface area (Å²) in [7, 11) is 0. The Morgan fingerprint density at radius 1 is 1.31 bits per heavy atom. The zero-order chi connectivity index (χ0) is 12.0. The number of alkyl halides is 4. The van der Waals surface area contributed by atoms with Crippen molar-refractivity contribution in [1.82, 2.24) is 0 Å². The SMILES string of the molecule is FC(CC(F)(F)F)OCCCOCC1CO1. The molecule has 0 saturated carbocycles. The number of halogens is 4. The van der Waals surface area contributed by atoms with Crippen molar-refractivity contribution < 1.29 is 31.8 Å². The largest absolute Gasteiger partial charge is 0.394 e. The maximum atomic E-state index is 12.5. The van der Waals surface area contributed by atoms with Gasteiger partial charge < -0.3 is 14.2 Å². The van der Waals surface area contributed by atoms with E-state index in [0.717, 1.165) is 0 Å². The van der Waals surface area contributed by atoms with E-state index in [4.69, 9.17) is 9.47 Å². The lowest BCUT2D eigenvalue weighted by Gasteiger charge is -2.11. The van der Waals surface area contributed by atoms with Crippen LogP contribution in [0.2, 0.25) is 0 Å². The Kier molecular flexibility index (Phi) is 5.43. The van der Waals surface area contributed by atoms with Crippen LogP contribution < -0.4 is 0 Å². The maximum Gasteiger partial charge on any atom is 0.394 e. The summed E-state index contributed by atoms with van der Waals surface area (Å²) in [6.45, 7) is 1.41. The van der Waals surface area contributed by atoms with E-state index >= 15 is 0 Å². The topological polar surface area (TPSA) is 31.0 Å². The molecule has 0 aromatic rings. The molecule has 0 N–H and O–H groups in total. The van der Waals surface area contributed by atoms with Crippen molar-refractivity contribution >= 4 is 0 Å². The molecule has 1 saturated heterocycles. The Balaban J connectivity index is 1.85. The molecule has 1 aliphatic heterocycles. The van der Waals surface area contributed by atoms with Gasteiger partial charge in [-0.25, -0.2) is 4.39 Å². The van der Waals surface area contributed by atoms with E-state index in [1.165, 1.54) is 0 Å². The Morgan fingerprint density at radius 3 is 2.56 bits per heavy atom. The fraction of sp³-hybridized carbons (Fsp3) is 1.00. The Bertz CT molecular complexity index is 194. The van der Waals surface area contributed by atoms with E-state index in [-0.39, 0.29) is 12.7 Å². The van der Waals surface area contributed by atoms with Crippen molar-refractivity contribution in [3.63, 3.8) is 0 Å². The number of ether oxygens (including phenoxy) is 3. The van der Waals surface area contributed by atoms with Crippen molar-refractivity contribution in [2.24, 2.45) is 0 Å².